The summed E-state index contributed by atoms with van der Waals surface area (Å²) < 4.78 is 20.2. The van der Waals surface area contributed by atoms with Gasteiger partial charge in [-0.05, 0) is 61.6 Å². The van der Waals surface area contributed by atoms with E-state index in [0.717, 1.165) is 63.5 Å². The van der Waals surface area contributed by atoms with Crippen molar-refractivity contribution >= 4 is 21.9 Å². The molecule has 39 heavy (non-hydrogen) atoms. The number of H-pyrrole nitrogens is 2. The predicted molar refractivity (Wildman–Crippen MR) is 147 cm³/mol. The van der Waals surface area contributed by atoms with Crippen molar-refractivity contribution in [2.45, 2.75) is 38.2 Å². The Morgan fingerprint density at radius 3 is 2.54 bits per heavy atom. The molecule has 194 valence electrons. The minimum absolute atomic E-state index is 0.140. The minimum atomic E-state index is -0.515. The molecule has 1 aromatic carbocycles. The fourth-order valence-corrected chi connectivity index (χ4v) is 5.42. The van der Waals surface area contributed by atoms with E-state index in [1.54, 1.807) is 24.8 Å². The van der Waals surface area contributed by atoms with E-state index >= 15 is 0 Å². The number of nitrogens with one attached hydrogen (secondary N) is 2. The normalized spacial score (nSPS) is 14.3. The number of fused-ring (bicyclic) bond motifs is 2. The molecule has 7 rings (SSSR count). The van der Waals surface area contributed by atoms with Crippen LogP contribution in [0.1, 0.15) is 32.1 Å². The van der Waals surface area contributed by atoms with Gasteiger partial charge in [-0.3, -0.25) is 15.1 Å². The van der Waals surface area contributed by atoms with Gasteiger partial charge in [-0.2, -0.15) is 5.10 Å². The number of hydrogen-bond acceptors (Lipinski definition) is 6. The summed E-state index contributed by atoms with van der Waals surface area (Å²) in [6.45, 7) is 0. The monoisotopic (exact) mass is 520 g/mol. The summed E-state index contributed by atoms with van der Waals surface area (Å²) >= 11 is 0. The molecule has 0 radical (unpaired) electrons. The van der Waals surface area contributed by atoms with Gasteiger partial charge in [0.25, 0.3) is 0 Å². The number of rotatable bonds is 5. The van der Waals surface area contributed by atoms with Crippen LogP contribution in [0.2, 0.25) is 0 Å². The molecule has 1 aliphatic carbocycles. The van der Waals surface area contributed by atoms with E-state index in [4.69, 9.17) is 4.74 Å². The van der Waals surface area contributed by atoms with Crippen molar-refractivity contribution in [1.29, 1.82) is 0 Å². The highest BCUT2D eigenvalue weighted by Gasteiger charge is 2.17. The summed E-state index contributed by atoms with van der Waals surface area (Å²) in [6.07, 6.45) is 14.8. The first-order valence-electron chi connectivity index (χ1n) is 13.0. The SMILES string of the molecule is Oc1cc(F)cc(-c2cncc3[nH]c(-c4[nH]nc5ncc(-c6cncc(OC7CCCCC7)c6)cc45)cc23)c1. The van der Waals surface area contributed by atoms with Crippen LogP contribution in [0.3, 0.4) is 0 Å². The third kappa shape index (κ3) is 4.46. The zero-order chi connectivity index (χ0) is 26.3. The highest BCUT2D eigenvalue weighted by Crippen LogP contribution is 2.36. The lowest BCUT2D eigenvalue weighted by atomic mass is 9.98. The molecule has 0 amide bonds. The van der Waals surface area contributed by atoms with E-state index < -0.39 is 5.82 Å². The number of halogens is 1. The predicted octanol–water partition coefficient (Wildman–Crippen LogP) is 6.79. The first-order chi connectivity index (χ1) is 19.1. The van der Waals surface area contributed by atoms with Crippen molar-refractivity contribution < 1.29 is 14.2 Å². The van der Waals surface area contributed by atoms with Gasteiger partial charge in [0.15, 0.2) is 5.65 Å². The van der Waals surface area contributed by atoms with E-state index in [0.29, 0.717) is 16.8 Å². The molecule has 1 fully saturated rings. The van der Waals surface area contributed by atoms with E-state index in [-0.39, 0.29) is 11.9 Å². The average molecular weight is 521 g/mol. The second kappa shape index (κ2) is 9.50. The molecule has 9 heteroatoms. The topological polar surface area (TPSA) is 113 Å². The van der Waals surface area contributed by atoms with Gasteiger partial charge in [0.2, 0.25) is 0 Å². The molecule has 5 aromatic heterocycles. The van der Waals surface area contributed by atoms with Crippen LogP contribution in [0.4, 0.5) is 4.39 Å². The Bertz CT molecular complexity index is 1800. The lowest BCUT2D eigenvalue weighted by molar-refractivity contribution is 0.154. The Hall–Kier alpha value is -4.79. The second-order valence-corrected chi connectivity index (χ2v) is 10.0. The van der Waals surface area contributed by atoms with E-state index in [1.807, 2.05) is 24.4 Å². The zero-order valence-electron chi connectivity index (χ0n) is 21.0. The fraction of sp³-hybridized carbons (Fsp3) is 0.200. The van der Waals surface area contributed by atoms with Crippen LogP contribution in [0.15, 0.2) is 67.4 Å². The third-order valence-electron chi connectivity index (χ3n) is 7.32. The molecular formula is C30H25FN6O2. The van der Waals surface area contributed by atoms with Gasteiger partial charge >= 0.3 is 0 Å². The molecule has 1 aliphatic rings. The molecule has 0 unspecified atom stereocenters. The highest BCUT2D eigenvalue weighted by atomic mass is 19.1. The molecule has 0 aliphatic heterocycles. The first kappa shape index (κ1) is 23.3. The number of aromatic hydroxyl groups is 1. The zero-order valence-corrected chi connectivity index (χ0v) is 21.0. The molecule has 5 heterocycles. The number of pyridine rings is 3. The van der Waals surface area contributed by atoms with Crippen LogP contribution in [0, 0.1) is 5.82 Å². The number of hydrogen-bond donors (Lipinski definition) is 3. The van der Waals surface area contributed by atoms with Gasteiger partial charge in [-0.25, -0.2) is 9.37 Å². The van der Waals surface area contributed by atoms with Crippen LogP contribution in [-0.2, 0) is 0 Å². The number of aromatic nitrogens is 6. The van der Waals surface area contributed by atoms with Crippen molar-refractivity contribution in [3.63, 3.8) is 0 Å². The molecular weight excluding hydrogens is 495 g/mol. The van der Waals surface area contributed by atoms with Crippen molar-refractivity contribution in [3.8, 4) is 45.1 Å². The van der Waals surface area contributed by atoms with Crippen LogP contribution in [0.25, 0.3) is 55.6 Å². The second-order valence-electron chi connectivity index (χ2n) is 10.0. The molecule has 0 bridgehead atoms. The van der Waals surface area contributed by atoms with E-state index in [1.165, 1.54) is 31.4 Å². The lowest BCUT2D eigenvalue weighted by Crippen LogP contribution is -2.19. The standard InChI is InChI=1S/C30H25FN6O2/c31-20-6-17(7-21(38)10-20)26-15-33-16-28-24(26)11-27(35-28)29-25-9-19(13-34-30(25)37-36-29)18-8-23(14-32-12-18)39-22-4-2-1-3-5-22/h6-16,22,35,38H,1-5H2,(H,34,36,37). The van der Waals surface area contributed by atoms with Crippen LogP contribution in [-0.4, -0.2) is 41.3 Å². The van der Waals surface area contributed by atoms with Gasteiger partial charge in [0.05, 0.1) is 35.4 Å². The van der Waals surface area contributed by atoms with Crippen LogP contribution < -0.4 is 4.74 Å². The van der Waals surface area contributed by atoms with Crippen molar-refractivity contribution in [3.05, 3.63) is 73.2 Å². The number of benzene rings is 1. The van der Waals surface area contributed by atoms with Gasteiger partial charge in [-0.15, -0.1) is 0 Å². The molecule has 8 nitrogen and oxygen atoms in total. The van der Waals surface area contributed by atoms with E-state index in [2.05, 4.69) is 30.1 Å². The Balaban J connectivity index is 1.26. The molecule has 6 aromatic rings. The summed E-state index contributed by atoms with van der Waals surface area (Å²) in [4.78, 5) is 16.7. The third-order valence-corrected chi connectivity index (χ3v) is 7.32. The smallest absolute Gasteiger partial charge is 0.181 e. The summed E-state index contributed by atoms with van der Waals surface area (Å²) in [7, 11) is 0. The quantitative estimate of drug-likeness (QED) is 0.231. The number of phenols is 1. The highest BCUT2D eigenvalue weighted by molar-refractivity contribution is 6.00. The van der Waals surface area contributed by atoms with Gasteiger partial charge in [0.1, 0.15) is 17.3 Å². The Labute approximate surface area is 222 Å². The van der Waals surface area contributed by atoms with Crippen molar-refractivity contribution in [2.75, 3.05) is 0 Å². The van der Waals surface area contributed by atoms with Crippen LogP contribution in [0.5, 0.6) is 11.5 Å². The number of nitrogens with zero attached hydrogens (tertiary/aromatic N) is 4. The van der Waals surface area contributed by atoms with Gasteiger partial charge in [0, 0.05) is 52.1 Å². The van der Waals surface area contributed by atoms with Crippen LogP contribution >= 0.6 is 0 Å². The molecule has 0 saturated heterocycles. The van der Waals surface area contributed by atoms with E-state index in [9.17, 15) is 9.50 Å². The summed E-state index contributed by atoms with van der Waals surface area (Å²) in [5.74, 6) is 0.114. The molecule has 0 atom stereocenters. The lowest BCUT2D eigenvalue weighted by Gasteiger charge is -2.23. The minimum Gasteiger partial charge on any atom is -0.508 e. The maximum Gasteiger partial charge on any atom is 0.181 e. The largest absolute Gasteiger partial charge is 0.508 e. The molecule has 3 N–H and O–H groups in total. The van der Waals surface area contributed by atoms with Crippen molar-refractivity contribution in [2.24, 2.45) is 0 Å². The Morgan fingerprint density at radius 2 is 1.67 bits per heavy atom. The number of aromatic amines is 2. The number of phenolic OH excluding ortho intramolecular Hbond substituents is 1. The Morgan fingerprint density at radius 1 is 0.821 bits per heavy atom. The Kier molecular flexibility index (Phi) is 5.69. The average Bonchev–Trinajstić information content (AvgIpc) is 3.57. The maximum absolute atomic E-state index is 14.0. The molecule has 0 spiro atoms. The summed E-state index contributed by atoms with van der Waals surface area (Å²) in [5.41, 5.74) is 5.98. The number of ether oxygens (including phenoxy) is 1. The molecule has 1 saturated carbocycles. The van der Waals surface area contributed by atoms with Crippen molar-refractivity contribution in [1.82, 2.24) is 30.1 Å². The fourth-order valence-electron chi connectivity index (χ4n) is 5.42. The summed E-state index contributed by atoms with van der Waals surface area (Å²) in [5, 5.41) is 19.1. The van der Waals surface area contributed by atoms with Gasteiger partial charge < -0.3 is 14.8 Å². The maximum atomic E-state index is 14.0. The van der Waals surface area contributed by atoms with Gasteiger partial charge in [-0.1, -0.05) is 6.42 Å². The first-order valence-corrected chi connectivity index (χ1v) is 13.0. The summed E-state index contributed by atoms with van der Waals surface area (Å²) in [6, 6.07) is 10.00.